The van der Waals surface area contributed by atoms with Gasteiger partial charge in [0.15, 0.2) is 11.2 Å². The lowest BCUT2D eigenvalue weighted by atomic mass is 10.2. The van der Waals surface area contributed by atoms with Crippen molar-refractivity contribution in [1.29, 1.82) is 0 Å². The summed E-state index contributed by atoms with van der Waals surface area (Å²) in [6.45, 7) is 8.53. The molecule has 0 unspecified atom stereocenters. The van der Waals surface area contributed by atoms with E-state index in [-0.39, 0.29) is 17.3 Å². The molecule has 0 radical (unpaired) electrons. The topological polar surface area (TPSA) is 77.4 Å². The van der Waals surface area contributed by atoms with Gasteiger partial charge in [0, 0.05) is 13.6 Å². The first-order valence-electron chi connectivity index (χ1n) is 8.07. The van der Waals surface area contributed by atoms with Crippen LogP contribution in [0, 0.1) is 0 Å². The van der Waals surface area contributed by atoms with Crippen LogP contribution in [0.1, 0.15) is 33.7 Å². The molecule has 1 aliphatic heterocycles. The number of hydrogen-bond acceptors (Lipinski definition) is 5. The standard InChI is InChI=1S/C16H22N6O2/c1-6-8-9-21-15-17-13-12(22(15)11(4)10(3)18-21)14(23)20(7-2)16(24)19(13)5/h6,8,11H,7,9H2,1-5H3/b8-6-/t11-/m0/s1. The van der Waals surface area contributed by atoms with Crippen molar-refractivity contribution in [2.24, 2.45) is 12.1 Å². The molecule has 0 fully saturated rings. The number of aryl methyl sites for hydroxylation is 1. The fourth-order valence-corrected chi connectivity index (χ4v) is 2.99. The van der Waals surface area contributed by atoms with E-state index in [1.165, 1.54) is 9.13 Å². The Kier molecular flexibility index (Phi) is 3.90. The summed E-state index contributed by atoms with van der Waals surface area (Å²) in [5, 5.41) is 6.34. The maximum atomic E-state index is 12.9. The molecule has 0 spiro atoms. The molecule has 3 heterocycles. The van der Waals surface area contributed by atoms with Crippen LogP contribution >= 0.6 is 0 Å². The van der Waals surface area contributed by atoms with Crippen molar-refractivity contribution < 1.29 is 0 Å². The summed E-state index contributed by atoms with van der Waals surface area (Å²) in [7, 11) is 1.64. The summed E-state index contributed by atoms with van der Waals surface area (Å²) in [6.07, 6.45) is 3.91. The maximum absolute atomic E-state index is 12.9. The van der Waals surface area contributed by atoms with Gasteiger partial charge in [-0.2, -0.15) is 10.1 Å². The first-order valence-corrected chi connectivity index (χ1v) is 8.07. The van der Waals surface area contributed by atoms with Gasteiger partial charge in [-0.15, -0.1) is 0 Å². The number of allylic oxidation sites excluding steroid dienone is 1. The molecule has 0 N–H and O–H groups in total. The number of anilines is 1. The van der Waals surface area contributed by atoms with Crippen molar-refractivity contribution in [1.82, 2.24) is 18.7 Å². The fraction of sp³-hybridized carbons (Fsp3) is 0.500. The second-order valence-electron chi connectivity index (χ2n) is 5.91. The fourth-order valence-electron chi connectivity index (χ4n) is 2.99. The van der Waals surface area contributed by atoms with Crippen LogP contribution < -0.4 is 16.3 Å². The molecule has 0 saturated heterocycles. The Bertz CT molecular complexity index is 975. The molecule has 8 nitrogen and oxygen atoms in total. The van der Waals surface area contributed by atoms with Crippen molar-refractivity contribution >= 4 is 22.8 Å². The van der Waals surface area contributed by atoms with Crippen LogP contribution in [0.15, 0.2) is 26.8 Å². The van der Waals surface area contributed by atoms with Gasteiger partial charge < -0.3 is 0 Å². The number of hydrazone groups is 1. The van der Waals surface area contributed by atoms with Gasteiger partial charge in [0.05, 0.1) is 18.3 Å². The van der Waals surface area contributed by atoms with E-state index in [2.05, 4.69) is 10.1 Å². The number of rotatable bonds is 3. The molecule has 8 heteroatoms. The van der Waals surface area contributed by atoms with Crippen molar-refractivity contribution in [3.05, 3.63) is 33.0 Å². The SMILES string of the molecule is C/C=C\CN1N=C(C)[C@H](C)n2c1nc1c2c(=O)n(CC)c(=O)n1C. The maximum Gasteiger partial charge on any atom is 0.332 e. The van der Waals surface area contributed by atoms with Crippen LogP contribution in [0.4, 0.5) is 5.95 Å². The summed E-state index contributed by atoms with van der Waals surface area (Å²) < 4.78 is 4.55. The molecule has 0 amide bonds. The normalized spacial score (nSPS) is 17.6. The lowest BCUT2D eigenvalue weighted by Gasteiger charge is -2.28. The Labute approximate surface area is 139 Å². The highest BCUT2D eigenvalue weighted by Gasteiger charge is 2.29. The summed E-state index contributed by atoms with van der Waals surface area (Å²) >= 11 is 0. The molecule has 0 aliphatic carbocycles. The first-order chi connectivity index (χ1) is 11.4. The van der Waals surface area contributed by atoms with E-state index < -0.39 is 0 Å². The van der Waals surface area contributed by atoms with Crippen LogP contribution in [0.3, 0.4) is 0 Å². The van der Waals surface area contributed by atoms with Gasteiger partial charge >= 0.3 is 5.69 Å². The second-order valence-corrected chi connectivity index (χ2v) is 5.91. The summed E-state index contributed by atoms with van der Waals surface area (Å²) in [5.74, 6) is 0.585. The average molecular weight is 330 g/mol. The summed E-state index contributed by atoms with van der Waals surface area (Å²) in [4.78, 5) is 29.8. The third-order valence-corrected chi connectivity index (χ3v) is 4.49. The highest BCUT2D eigenvalue weighted by Crippen LogP contribution is 2.29. The molecule has 2 aromatic rings. The van der Waals surface area contributed by atoms with E-state index in [9.17, 15) is 9.59 Å². The molecule has 1 atom stereocenters. The molecule has 24 heavy (non-hydrogen) atoms. The zero-order valence-electron chi connectivity index (χ0n) is 14.6. The minimum absolute atomic E-state index is 0.0950. The second kappa shape index (κ2) is 5.77. The van der Waals surface area contributed by atoms with Crippen molar-refractivity contribution in [3.63, 3.8) is 0 Å². The van der Waals surface area contributed by atoms with Gasteiger partial charge in [-0.1, -0.05) is 12.2 Å². The van der Waals surface area contributed by atoms with Crippen LogP contribution in [-0.4, -0.2) is 30.9 Å². The van der Waals surface area contributed by atoms with E-state index in [0.717, 1.165) is 5.71 Å². The smallest absolute Gasteiger partial charge is 0.294 e. The van der Waals surface area contributed by atoms with Crippen LogP contribution in [0.5, 0.6) is 0 Å². The minimum Gasteiger partial charge on any atom is -0.294 e. The monoisotopic (exact) mass is 330 g/mol. The number of imidazole rings is 1. The largest absolute Gasteiger partial charge is 0.332 e. The van der Waals surface area contributed by atoms with Crippen LogP contribution in [0.2, 0.25) is 0 Å². The Hall–Kier alpha value is -2.64. The highest BCUT2D eigenvalue weighted by molar-refractivity contribution is 5.91. The van der Waals surface area contributed by atoms with Crippen molar-refractivity contribution in [3.8, 4) is 0 Å². The van der Waals surface area contributed by atoms with Crippen LogP contribution in [0.25, 0.3) is 11.2 Å². The van der Waals surface area contributed by atoms with Crippen molar-refractivity contribution in [2.45, 2.75) is 40.3 Å². The molecular formula is C16H22N6O2. The predicted octanol–water partition coefficient (Wildman–Crippen LogP) is 1.25. The van der Waals surface area contributed by atoms with E-state index in [0.29, 0.717) is 30.2 Å². The molecule has 0 saturated carbocycles. The summed E-state index contributed by atoms with van der Waals surface area (Å²) in [5.41, 5.74) is 1.08. The molecule has 3 rings (SSSR count). The zero-order chi connectivity index (χ0) is 17.6. The Balaban J connectivity index is 2.40. The van der Waals surface area contributed by atoms with Crippen molar-refractivity contribution in [2.75, 3.05) is 11.6 Å². The Morgan fingerprint density at radius 3 is 2.62 bits per heavy atom. The molecule has 1 aliphatic rings. The zero-order valence-corrected chi connectivity index (χ0v) is 14.6. The quantitative estimate of drug-likeness (QED) is 0.794. The molecule has 128 valence electrons. The lowest BCUT2D eigenvalue weighted by Crippen LogP contribution is -2.40. The lowest BCUT2D eigenvalue weighted by molar-refractivity contribution is 0.623. The predicted molar refractivity (Wildman–Crippen MR) is 94.9 cm³/mol. The first kappa shape index (κ1) is 16.2. The van der Waals surface area contributed by atoms with E-state index in [1.807, 2.05) is 37.5 Å². The molecular weight excluding hydrogens is 308 g/mol. The third kappa shape index (κ3) is 2.13. The average Bonchev–Trinajstić information content (AvgIpc) is 2.96. The molecule has 0 bridgehead atoms. The number of fused-ring (bicyclic) bond motifs is 3. The van der Waals surface area contributed by atoms with Gasteiger partial charge in [0.1, 0.15) is 0 Å². The molecule has 0 aromatic carbocycles. The van der Waals surface area contributed by atoms with Gasteiger partial charge in [0.2, 0.25) is 5.95 Å². The van der Waals surface area contributed by atoms with E-state index >= 15 is 0 Å². The third-order valence-electron chi connectivity index (χ3n) is 4.49. The van der Waals surface area contributed by atoms with Gasteiger partial charge in [0.25, 0.3) is 5.56 Å². The number of nitrogens with zero attached hydrogens (tertiary/aromatic N) is 6. The van der Waals surface area contributed by atoms with Gasteiger partial charge in [-0.25, -0.2) is 9.80 Å². The summed E-state index contributed by atoms with van der Waals surface area (Å²) in [6, 6.07) is -0.0950. The van der Waals surface area contributed by atoms with Gasteiger partial charge in [-0.05, 0) is 27.7 Å². The molecule has 2 aromatic heterocycles. The minimum atomic E-state index is -0.351. The number of aromatic nitrogens is 4. The Morgan fingerprint density at radius 2 is 2.00 bits per heavy atom. The van der Waals surface area contributed by atoms with Crippen LogP contribution in [-0.2, 0) is 13.6 Å². The van der Waals surface area contributed by atoms with E-state index in [4.69, 9.17) is 0 Å². The van der Waals surface area contributed by atoms with Gasteiger partial charge in [-0.3, -0.25) is 18.5 Å². The number of hydrogen-bond donors (Lipinski definition) is 0. The van der Waals surface area contributed by atoms with E-state index in [1.54, 1.807) is 19.0 Å². The Morgan fingerprint density at radius 1 is 1.29 bits per heavy atom. The highest BCUT2D eigenvalue weighted by atomic mass is 16.2.